The average molecular weight is 222 g/mol. The molecule has 1 radical (unpaired) electrons. The fraction of sp³-hybridized carbons (Fsp3) is 0.188. The Bertz CT molecular complexity index is 513. The van der Waals surface area contributed by atoms with Crippen LogP contribution in [0.15, 0.2) is 48.5 Å². The second kappa shape index (κ2) is 4.25. The molecule has 0 amide bonds. The van der Waals surface area contributed by atoms with Crippen LogP contribution in [0.2, 0.25) is 0 Å². The number of rotatable bonds is 2. The minimum Gasteiger partial charge on any atom is -0.362 e. The first-order chi connectivity index (χ1) is 8.33. The number of aryl methyl sites for hydroxylation is 1. The second-order valence-electron chi connectivity index (χ2n) is 4.63. The van der Waals surface area contributed by atoms with Gasteiger partial charge in [0, 0.05) is 12.2 Å². The minimum absolute atomic E-state index is 0.970. The van der Waals surface area contributed by atoms with Crippen LogP contribution in [0.3, 0.4) is 0 Å². The molecule has 1 aliphatic heterocycles. The number of hydrogen-bond acceptors (Lipinski definition) is 1. The number of nitrogens with zero attached hydrogens (tertiary/aromatic N) is 1. The first-order valence-electron chi connectivity index (χ1n) is 6.06. The van der Waals surface area contributed by atoms with E-state index >= 15 is 0 Å². The monoisotopic (exact) mass is 222 g/mol. The molecular formula is C16H16N. The lowest BCUT2D eigenvalue weighted by molar-refractivity contribution is 0.920. The molecule has 0 fully saturated rings. The molecule has 1 heterocycles. The SMILES string of the molecule is Cc1ccc(CN2[CH]Cc3ccccc32)cc1. The fourth-order valence-corrected chi connectivity index (χ4v) is 2.31. The van der Waals surface area contributed by atoms with Crippen molar-refractivity contribution in [3.05, 3.63) is 71.8 Å². The summed E-state index contributed by atoms with van der Waals surface area (Å²) in [6.07, 6.45) is 1.06. The maximum absolute atomic E-state index is 2.35. The van der Waals surface area contributed by atoms with Crippen LogP contribution >= 0.6 is 0 Å². The summed E-state index contributed by atoms with van der Waals surface area (Å²) >= 11 is 0. The van der Waals surface area contributed by atoms with E-state index in [-0.39, 0.29) is 0 Å². The zero-order valence-electron chi connectivity index (χ0n) is 10.1. The fourth-order valence-electron chi connectivity index (χ4n) is 2.31. The van der Waals surface area contributed by atoms with E-state index in [4.69, 9.17) is 0 Å². The van der Waals surface area contributed by atoms with Crippen LogP contribution in [0.4, 0.5) is 5.69 Å². The highest BCUT2D eigenvalue weighted by Crippen LogP contribution is 2.31. The maximum atomic E-state index is 2.35. The molecule has 0 spiro atoms. The normalized spacial score (nSPS) is 13.8. The molecule has 2 aromatic rings. The molecule has 2 aromatic carbocycles. The number of para-hydroxylation sites is 1. The summed E-state index contributed by atoms with van der Waals surface area (Å²) in [6, 6.07) is 17.4. The predicted octanol–water partition coefficient (Wildman–Crippen LogP) is 3.72. The first kappa shape index (κ1) is 10.4. The summed E-state index contributed by atoms with van der Waals surface area (Å²) in [5.74, 6) is 0. The van der Waals surface area contributed by atoms with E-state index < -0.39 is 0 Å². The zero-order valence-corrected chi connectivity index (χ0v) is 10.1. The lowest BCUT2D eigenvalue weighted by Gasteiger charge is -2.19. The first-order valence-corrected chi connectivity index (χ1v) is 6.06. The number of benzene rings is 2. The summed E-state index contributed by atoms with van der Waals surface area (Å²) in [6.45, 7) is 5.38. The highest BCUT2D eigenvalue weighted by molar-refractivity contribution is 5.60. The van der Waals surface area contributed by atoms with Crippen LogP contribution in [0.5, 0.6) is 0 Å². The molecule has 0 unspecified atom stereocenters. The second-order valence-corrected chi connectivity index (χ2v) is 4.63. The molecule has 0 saturated heterocycles. The molecule has 0 saturated carbocycles. The van der Waals surface area contributed by atoms with Crippen molar-refractivity contribution < 1.29 is 0 Å². The Morgan fingerprint density at radius 2 is 1.76 bits per heavy atom. The molecule has 1 nitrogen and oxygen atoms in total. The predicted molar refractivity (Wildman–Crippen MR) is 71.8 cm³/mol. The summed E-state index contributed by atoms with van der Waals surface area (Å²) in [4.78, 5) is 2.35. The largest absolute Gasteiger partial charge is 0.362 e. The molecule has 0 aliphatic carbocycles. The third-order valence-electron chi connectivity index (χ3n) is 3.31. The van der Waals surface area contributed by atoms with Crippen molar-refractivity contribution >= 4 is 5.69 Å². The van der Waals surface area contributed by atoms with Gasteiger partial charge in [-0.15, -0.1) is 0 Å². The number of hydrogen-bond donors (Lipinski definition) is 0. The van der Waals surface area contributed by atoms with Crippen LogP contribution in [0, 0.1) is 13.5 Å². The lowest BCUT2D eigenvalue weighted by Crippen LogP contribution is -2.15. The van der Waals surface area contributed by atoms with Gasteiger partial charge in [0.1, 0.15) is 0 Å². The van der Waals surface area contributed by atoms with Crippen molar-refractivity contribution in [3.8, 4) is 0 Å². The van der Waals surface area contributed by atoms with Crippen molar-refractivity contribution in [1.82, 2.24) is 0 Å². The van der Waals surface area contributed by atoms with Gasteiger partial charge in [-0.2, -0.15) is 0 Å². The summed E-state index contributed by atoms with van der Waals surface area (Å²) < 4.78 is 0. The van der Waals surface area contributed by atoms with E-state index in [0.717, 1.165) is 13.0 Å². The van der Waals surface area contributed by atoms with Gasteiger partial charge in [0.05, 0.1) is 6.54 Å². The molecule has 1 aliphatic rings. The highest BCUT2D eigenvalue weighted by atomic mass is 15.1. The van der Waals surface area contributed by atoms with Crippen LogP contribution < -0.4 is 4.90 Å². The third-order valence-corrected chi connectivity index (χ3v) is 3.31. The van der Waals surface area contributed by atoms with Gasteiger partial charge in [-0.3, -0.25) is 0 Å². The van der Waals surface area contributed by atoms with Gasteiger partial charge < -0.3 is 4.90 Å². The summed E-state index contributed by atoms with van der Waals surface area (Å²) in [5, 5.41) is 0. The van der Waals surface area contributed by atoms with Gasteiger partial charge in [-0.05, 0) is 30.5 Å². The van der Waals surface area contributed by atoms with E-state index in [9.17, 15) is 0 Å². The molecule has 0 aromatic heterocycles. The van der Waals surface area contributed by atoms with Gasteiger partial charge in [-0.25, -0.2) is 0 Å². The molecule has 1 heteroatoms. The van der Waals surface area contributed by atoms with Crippen molar-refractivity contribution in [2.75, 3.05) is 4.90 Å². The van der Waals surface area contributed by atoms with Gasteiger partial charge >= 0.3 is 0 Å². The molecule has 85 valence electrons. The van der Waals surface area contributed by atoms with E-state index in [1.807, 2.05) is 0 Å². The topological polar surface area (TPSA) is 3.24 Å². The Morgan fingerprint density at radius 3 is 2.59 bits per heavy atom. The number of anilines is 1. The summed E-state index contributed by atoms with van der Waals surface area (Å²) in [5.41, 5.74) is 5.47. The smallest absolute Gasteiger partial charge is 0.0541 e. The summed E-state index contributed by atoms with van der Waals surface area (Å²) in [7, 11) is 0. The highest BCUT2D eigenvalue weighted by Gasteiger charge is 2.18. The maximum Gasteiger partial charge on any atom is 0.0541 e. The van der Waals surface area contributed by atoms with Gasteiger partial charge in [0.15, 0.2) is 0 Å². The minimum atomic E-state index is 0.970. The zero-order chi connectivity index (χ0) is 11.7. The Morgan fingerprint density at radius 1 is 1.00 bits per heavy atom. The van der Waals surface area contributed by atoms with E-state index in [0.29, 0.717) is 0 Å². The Hall–Kier alpha value is -1.76. The molecule has 17 heavy (non-hydrogen) atoms. The van der Waals surface area contributed by atoms with E-state index in [1.165, 1.54) is 22.4 Å². The van der Waals surface area contributed by atoms with Gasteiger partial charge in [0.2, 0.25) is 0 Å². The molecular weight excluding hydrogens is 206 g/mol. The molecule has 0 N–H and O–H groups in total. The van der Waals surface area contributed by atoms with Gasteiger partial charge in [0.25, 0.3) is 0 Å². The van der Waals surface area contributed by atoms with Crippen LogP contribution in [-0.2, 0) is 13.0 Å². The van der Waals surface area contributed by atoms with E-state index in [2.05, 4.69) is 66.9 Å². The third kappa shape index (κ3) is 2.05. The lowest BCUT2D eigenvalue weighted by atomic mass is 10.1. The van der Waals surface area contributed by atoms with E-state index in [1.54, 1.807) is 0 Å². The van der Waals surface area contributed by atoms with Crippen LogP contribution in [0.25, 0.3) is 0 Å². The Kier molecular flexibility index (Phi) is 2.60. The number of fused-ring (bicyclic) bond motifs is 1. The van der Waals surface area contributed by atoms with Crippen LogP contribution in [0.1, 0.15) is 16.7 Å². The van der Waals surface area contributed by atoms with Crippen molar-refractivity contribution in [1.29, 1.82) is 0 Å². The van der Waals surface area contributed by atoms with Gasteiger partial charge in [-0.1, -0.05) is 48.0 Å². The molecule has 0 bridgehead atoms. The quantitative estimate of drug-likeness (QED) is 0.748. The standard InChI is InChI=1S/C16H16N/c1-13-6-8-14(9-7-13)12-17-11-10-15-4-2-3-5-16(15)17/h2-9,11H,10,12H2,1H3. The Balaban J connectivity index is 1.81. The molecule has 3 rings (SSSR count). The average Bonchev–Trinajstić information content (AvgIpc) is 2.76. The van der Waals surface area contributed by atoms with Crippen molar-refractivity contribution in [2.24, 2.45) is 0 Å². The Labute approximate surface area is 103 Å². The van der Waals surface area contributed by atoms with Crippen molar-refractivity contribution in [2.45, 2.75) is 19.9 Å². The van der Waals surface area contributed by atoms with Crippen molar-refractivity contribution in [3.63, 3.8) is 0 Å². The van der Waals surface area contributed by atoms with Crippen LogP contribution in [-0.4, -0.2) is 0 Å². The molecule has 0 atom stereocenters.